The number of fused-ring (bicyclic) bond motifs is 1. The van der Waals surface area contributed by atoms with E-state index in [2.05, 4.69) is 14.7 Å². The van der Waals surface area contributed by atoms with E-state index in [0.717, 1.165) is 23.3 Å². The van der Waals surface area contributed by atoms with Crippen LogP contribution in [0.2, 0.25) is 0 Å². The van der Waals surface area contributed by atoms with Gasteiger partial charge >= 0.3 is 11.9 Å². The maximum Gasteiger partial charge on any atom is 0.422 e. The number of hydrogen-bond acceptors (Lipinski definition) is 6. The number of ether oxygens (including phenoxy) is 1. The Labute approximate surface area is 173 Å². The molecular weight excluding hydrogens is 424 g/mol. The van der Waals surface area contributed by atoms with Crippen LogP contribution in [0.1, 0.15) is 13.3 Å². The molecule has 0 aliphatic carbocycles. The molecule has 0 saturated carbocycles. The highest BCUT2D eigenvalue weighted by Gasteiger charge is 2.29. The molecule has 8 nitrogen and oxygen atoms in total. The van der Waals surface area contributed by atoms with Crippen molar-refractivity contribution in [3.63, 3.8) is 0 Å². The van der Waals surface area contributed by atoms with E-state index >= 15 is 0 Å². The van der Waals surface area contributed by atoms with E-state index in [4.69, 9.17) is 4.42 Å². The van der Waals surface area contributed by atoms with E-state index < -0.39 is 30.2 Å². The lowest BCUT2D eigenvalue weighted by Gasteiger charge is -2.15. The maximum atomic E-state index is 14.1. The summed E-state index contributed by atoms with van der Waals surface area (Å²) in [4.78, 5) is 33.8. The van der Waals surface area contributed by atoms with Gasteiger partial charge in [-0.3, -0.25) is 4.79 Å². The average Bonchev–Trinajstić information content (AvgIpc) is 3.01. The van der Waals surface area contributed by atoms with Crippen LogP contribution in [0.15, 0.2) is 33.6 Å². The second-order valence-electron chi connectivity index (χ2n) is 6.70. The SMILES string of the molecule is CCCN(C)C(=O)Cn1c(=O)oc2ccc(-c3cnc(OCC(F)(F)F)c(F)c3)nc21. The highest BCUT2D eigenvalue weighted by Crippen LogP contribution is 2.25. The van der Waals surface area contributed by atoms with Crippen LogP contribution in [0.4, 0.5) is 17.6 Å². The van der Waals surface area contributed by atoms with Gasteiger partial charge in [-0.25, -0.2) is 23.7 Å². The van der Waals surface area contributed by atoms with Crippen molar-refractivity contribution in [2.24, 2.45) is 0 Å². The van der Waals surface area contributed by atoms with E-state index in [9.17, 15) is 27.2 Å². The second-order valence-corrected chi connectivity index (χ2v) is 6.70. The van der Waals surface area contributed by atoms with Gasteiger partial charge in [-0.15, -0.1) is 0 Å². The molecule has 12 heteroatoms. The predicted octanol–water partition coefficient (Wildman–Crippen LogP) is 3.00. The zero-order chi connectivity index (χ0) is 22.8. The summed E-state index contributed by atoms with van der Waals surface area (Å²) in [7, 11) is 1.61. The number of amides is 1. The fourth-order valence-electron chi connectivity index (χ4n) is 2.78. The molecule has 0 spiro atoms. The third kappa shape index (κ3) is 5.19. The molecule has 166 valence electrons. The normalized spacial score (nSPS) is 11.7. The molecule has 3 aromatic rings. The van der Waals surface area contributed by atoms with Crippen LogP contribution < -0.4 is 10.5 Å². The first kappa shape index (κ1) is 22.2. The average molecular weight is 442 g/mol. The topological polar surface area (TPSA) is 90.5 Å². The number of likely N-dealkylation sites (N-methyl/N-ethyl adjacent to an activating group) is 1. The molecule has 0 aliphatic heterocycles. The predicted molar refractivity (Wildman–Crippen MR) is 101 cm³/mol. The molecule has 3 aromatic heterocycles. The Hall–Kier alpha value is -3.44. The zero-order valence-corrected chi connectivity index (χ0v) is 16.6. The third-order valence-corrected chi connectivity index (χ3v) is 4.27. The van der Waals surface area contributed by atoms with Gasteiger partial charge in [0.15, 0.2) is 23.7 Å². The fraction of sp³-hybridized carbons (Fsp3) is 0.368. The molecule has 0 aromatic carbocycles. The Bertz CT molecular complexity index is 1160. The molecule has 1 amide bonds. The van der Waals surface area contributed by atoms with E-state index in [1.165, 1.54) is 17.0 Å². The van der Waals surface area contributed by atoms with Crippen molar-refractivity contribution >= 4 is 17.1 Å². The van der Waals surface area contributed by atoms with Gasteiger partial charge in [0, 0.05) is 25.4 Å². The van der Waals surface area contributed by atoms with Crippen molar-refractivity contribution in [3.8, 4) is 17.1 Å². The molecule has 0 aliphatic rings. The van der Waals surface area contributed by atoms with Gasteiger partial charge in [-0.2, -0.15) is 13.2 Å². The number of aromatic nitrogens is 3. The van der Waals surface area contributed by atoms with Crippen LogP contribution in [0.3, 0.4) is 0 Å². The van der Waals surface area contributed by atoms with Crippen LogP contribution in [-0.2, 0) is 11.3 Å². The monoisotopic (exact) mass is 442 g/mol. The van der Waals surface area contributed by atoms with Crippen LogP contribution in [-0.4, -0.2) is 51.7 Å². The van der Waals surface area contributed by atoms with Crippen LogP contribution in [0, 0.1) is 5.82 Å². The van der Waals surface area contributed by atoms with Gasteiger partial charge < -0.3 is 14.1 Å². The zero-order valence-electron chi connectivity index (χ0n) is 16.6. The molecule has 3 rings (SSSR count). The van der Waals surface area contributed by atoms with Gasteiger partial charge in [-0.05, 0) is 24.6 Å². The van der Waals surface area contributed by atoms with Gasteiger partial charge in [0.2, 0.25) is 5.91 Å². The van der Waals surface area contributed by atoms with Crippen LogP contribution >= 0.6 is 0 Å². The molecule has 0 fully saturated rings. The molecule has 0 unspecified atom stereocenters. The minimum Gasteiger partial charge on any atom is -0.466 e. The molecule has 0 saturated heterocycles. The number of pyridine rings is 2. The fourth-order valence-corrected chi connectivity index (χ4v) is 2.78. The Morgan fingerprint density at radius 1 is 1.32 bits per heavy atom. The van der Waals surface area contributed by atoms with Crippen molar-refractivity contribution in [1.82, 2.24) is 19.4 Å². The lowest BCUT2D eigenvalue weighted by Crippen LogP contribution is -2.33. The number of carbonyl (C=O) groups is 1. The van der Waals surface area contributed by atoms with Crippen LogP contribution in [0.25, 0.3) is 22.5 Å². The first-order chi connectivity index (χ1) is 14.6. The maximum absolute atomic E-state index is 14.1. The third-order valence-electron chi connectivity index (χ3n) is 4.27. The molecule has 0 bridgehead atoms. The minimum absolute atomic E-state index is 0.0681. The first-order valence-electron chi connectivity index (χ1n) is 9.19. The van der Waals surface area contributed by atoms with E-state index in [1.807, 2.05) is 6.92 Å². The van der Waals surface area contributed by atoms with Crippen molar-refractivity contribution < 1.29 is 31.5 Å². The molecule has 31 heavy (non-hydrogen) atoms. The van der Waals surface area contributed by atoms with E-state index in [1.54, 1.807) is 7.05 Å². The number of alkyl halides is 3. The summed E-state index contributed by atoms with van der Waals surface area (Å²) in [6.07, 6.45) is -2.80. The Morgan fingerprint density at radius 2 is 2.06 bits per heavy atom. The number of carbonyl (C=O) groups excluding carboxylic acids is 1. The van der Waals surface area contributed by atoms with Gasteiger partial charge in [-0.1, -0.05) is 6.92 Å². The number of rotatable bonds is 7. The highest BCUT2D eigenvalue weighted by molar-refractivity contribution is 5.79. The summed E-state index contributed by atoms with van der Waals surface area (Å²) in [6, 6.07) is 3.75. The number of hydrogen-bond donors (Lipinski definition) is 0. The number of nitrogens with zero attached hydrogens (tertiary/aromatic N) is 4. The summed E-state index contributed by atoms with van der Waals surface area (Å²) < 4.78 is 61.3. The Balaban J connectivity index is 1.91. The first-order valence-corrected chi connectivity index (χ1v) is 9.19. The minimum atomic E-state index is -4.63. The number of halogens is 4. The summed E-state index contributed by atoms with van der Waals surface area (Å²) in [5.74, 6) is -3.01. The highest BCUT2D eigenvalue weighted by atomic mass is 19.4. The summed E-state index contributed by atoms with van der Waals surface area (Å²) in [5.41, 5.74) is 0.496. The van der Waals surface area contributed by atoms with Gasteiger partial charge in [0.1, 0.15) is 6.54 Å². The van der Waals surface area contributed by atoms with Crippen molar-refractivity contribution in [1.29, 1.82) is 0 Å². The smallest absolute Gasteiger partial charge is 0.422 e. The van der Waals surface area contributed by atoms with Gasteiger partial charge in [0.05, 0.1) is 5.69 Å². The largest absolute Gasteiger partial charge is 0.466 e. The van der Waals surface area contributed by atoms with E-state index in [0.29, 0.717) is 6.54 Å². The lowest BCUT2D eigenvalue weighted by molar-refractivity contribution is -0.154. The Morgan fingerprint density at radius 3 is 2.71 bits per heavy atom. The molecule has 0 atom stereocenters. The molecule has 0 N–H and O–H groups in total. The molecule has 0 radical (unpaired) electrons. The van der Waals surface area contributed by atoms with Crippen molar-refractivity contribution in [2.45, 2.75) is 26.1 Å². The van der Waals surface area contributed by atoms with Crippen molar-refractivity contribution in [3.05, 3.63) is 40.8 Å². The summed E-state index contributed by atoms with van der Waals surface area (Å²) in [5, 5.41) is 0. The summed E-state index contributed by atoms with van der Waals surface area (Å²) in [6.45, 7) is 0.442. The lowest BCUT2D eigenvalue weighted by atomic mass is 10.2. The Kier molecular flexibility index (Phi) is 6.27. The second kappa shape index (κ2) is 8.74. The molecular formula is C19H18F4N4O4. The quantitative estimate of drug-likeness (QED) is 0.523. The van der Waals surface area contributed by atoms with Crippen molar-refractivity contribution in [2.75, 3.05) is 20.2 Å². The number of oxazole rings is 1. The van der Waals surface area contributed by atoms with Crippen LogP contribution in [0.5, 0.6) is 5.88 Å². The summed E-state index contributed by atoms with van der Waals surface area (Å²) >= 11 is 0. The standard InChI is InChI=1S/C19H18F4N4O4/c1-3-6-26(2)15(28)9-27-16-14(31-18(27)29)5-4-13(25-16)11-7-12(20)17(24-8-11)30-10-19(21,22)23/h4-5,7-8H,3,6,9-10H2,1-2H3. The van der Waals surface area contributed by atoms with Gasteiger partial charge in [0.25, 0.3) is 5.88 Å². The van der Waals surface area contributed by atoms with E-state index in [-0.39, 0.29) is 34.9 Å². The molecule has 3 heterocycles.